The molecule has 7 aromatic rings. The molecule has 2 aromatic heterocycles. The molecule has 0 unspecified atom stereocenters. The van der Waals surface area contributed by atoms with Gasteiger partial charge in [-0.3, -0.25) is 0 Å². The Morgan fingerprint density at radius 2 is 1.35 bits per heavy atom. The fourth-order valence-electron chi connectivity index (χ4n) is 6.99. The molecule has 260 valence electrons. The number of ether oxygens (including phenoxy) is 1. The number of nitrogens with one attached hydrogen (secondary N) is 3. The van der Waals surface area contributed by atoms with Gasteiger partial charge >= 0.3 is 0 Å². The van der Waals surface area contributed by atoms with Crippen LogP contribution in [0.15, 0.2) is 103 Å². The smallest absolute Gasteiger partial charge is 0.220 e. The number of anilines is 3. The SMILES string of the molecule is COc1ccc2nc3cc(Cl)ccc3c(NCCCNCCCNCCC[n+]3c(-c4ccccc4)c4cc(N)ccc4c4ccc(N)cc43)c2c1. The topological polar surface area (TPSA) is 114 Å². The third kappa shape index (κ3) is 7.64. The third-order valence-electron chi connectivity index (χ3n) is 9.44. The van der Waals surface area contributed by atoms with Gasteiger partial charge in [0.1, 0.15) is 5.75 Å². The van der Waals surface area contributed by atoms with Crippen molar-refractivity contribution in [3.8, 4) is 17.0 Å². The first-order valence-electron chi connectivity index (χ1n) is 17.7. The summed E-state index contributed by atoms with van der Waals surface area (Å²) in [5.41, 5.74) is 20.5. The van der Waals surface area contributed by atoms with E-state index in [2.05, 4.69) is 75.1 Å². The minimum atomic E-state index is 0.679. The van der Waals surface area contributed by atoms with Crippen molar-refractivity contribution in [2.45, 2.75) is 25.8 Å². The summed E-state index contributed by atoms with van der Waals surface area (Å²) >= 11 is 6.29. The van der Waals surface area contributed by atoms with Gasteiger partial charge in [-0.15, -0.1) is 0 Å². The molecule has 0 saturated carbocycles. The van der Waals surface area contributed by atoms with Crippen LogP contribution in [0.4, 0.5) is 17.1 Å². The van der Waals surface area contributed by atoms with Gasteiger partial charge in [-0.2, -0.15) is 4.57 Å². The van der Waals surface area contributed by atoms with Crippen LogP contribution in [-0.2, 0) is 6.54 Å². The second kappa shape index (κ2) is 15.8. The molecule has 0 saturated heterocycles. The van der Waals surface area contributed by atoms with Crippen LogP contribution in [0.5, 0.6) is 5.75 Å². The van der Waals surface area contributed by atoms with Gasteiger partial charge in [0.25, 0.3) is 0 Å². The summed E-state index contributed by atoms with van der Waals surface area (Å²) < 4.78 is 7.92. The average molecular weight is 699 g/mol. The molecular weight excluding hydrogens is 654 g/mol. The highest BCUT2D eigenvalue weighted by atomic mass is 35.5. The molecule has 7 N–H and O–H groups in total. The normalized spacial score (nSPS) is 11.6. The van der Waals surface area contributed by atoms with Crippen molar-refractivity contribution in [2.24, 2.45) is 0 Å². The summed E-state index contributed by atoms with van der Waals surface area (Å²) in [5, 5.41) is 17.2. The highest BCUT2D eigenvalue weighted by Gasteiger charge is 2.23. The van der Waals surface area contributed by atoms with Crippen molar-refractivity contribution in [1.82, 2.24) is 15.6 Å². The molecule has 5 aromatic carbocycles. The number of fused-ring (bicyclic) bond motifs is 5. The Labute approximate surface area is 303 Å². The standard InChI is InChI=1S/C42H44ClN7O/c1-51-32-13-17-38-37(27-32)41(35-14-10-29(43)24-39(35)49-38)48-22-6-20-46-18-5-19-47-21-7-23-50-40-26-31(45)12-16-34(40)33-15-11-30(44)25-36(33)42(50)28-8-3-2-4-9-28/h2-4,8-17,24-27,45-47H,5-7,18-23,44H2,1H3,(H,48,49)/p+1. The summed E-state index contributed by atoms with van der Waals surface area (Å²) in [5.74, 6) is 0.810. The van der Waals surface area contributed by atoms with Crippen molar-refractivity contribution in [3.05, 3.63) is 108 Å². The number of nitrogens with zero attached hydrogens (tertiary/aromatic N) is 2. The molecule has 0 bridgehead atoms. The number of hydrogen-bond donors (Lipinski definition) is 5. The van der Waals surface area contributed by atoms with E-state index in [0.29, 0.717) is 5.02 Å². The molecule has 0 amide bonds. The lowest BCUT2D eigenvalue weighted by Gasteiger charge is -2.14. The van der Waals surface area contributed by atoms with E-state index in [-0.39, 0.29) is 0 Å². The summed E-state index contributed by atoms with van der Waals surface area (Å²) in [6.45, 7) is 5.48. The predicted molar refractivity (Wildman–Crippen MR) is 215 cm³/mol. The number of benzene rings is 5. The van der Waals surface area contributed by atoms with Crippen LogP contribution >= 0.6 is 11.6 Å². The third-order valence-corrected chi connectivity index (χ3v) is 9.67. The Bertz CT molecular complexity index is 2310. The van der Waals surface area contributed by atoms with E-state index in [0.717, 1.165) is 114 Å². The lowest BCUT2D eigenvalue weighted by molar-refractivity contribution is -0.659. The highest BCUT2D eigenvalue weighted by molar-refractivity contribution is 6.31. The monoisotopic (exact) mass is 698 g/mol. The predicted octanol–water partition coefficient (Wildman–Crippen LogP) is 7.94. The van der Waals surface area contributed by atoms with Crippen molar-refractivity contribution in [1.29, 1.82) is 0 Å². The molecule has 9 heteroatoms. The second-order valence-electron chi connectivity index (χ2n) is 13.0. The van der Waals surface area contributed by atoms with Gasteiger partial charge in [0.15, 0.2) is 6.54 Å². The van der Waals surface area contributed by atoms with Crippen LogP contribution in [-0.4, -0.2) is 44.8 Å². The minimum absolute atomic E-state index is 0.679. The van der Waals surface area contributed by atoms with E-state index in [1.807, 2.05) is 48.5 Å². The van der Waals surface area contributed by atoms with E-state index >= 15 is 0 Å². The van der Waals surface area contributed by atoms with Gasteiger partial charge in [-0.25, -0.2) is 4.98 Å². The van der Waals surface area contributed by atoms with E-state index in [9.17, 15) is 0 Å². The molecule has 0 aliphatic rings. The maximum atomic E-state index is 6.33. The molecule has 0 aliphatic carbocycles. The number of pyridine rings is 2. The molecule has 0 fully saturated rings. The van der Waals surface area contributed by atoms with Crippen molar-refractivity contribution in [3.63, 3.8) is 0 Å². The number of aromatic nitrogens is 2. The Morgan fingerprint density at radius 1 is 0.647 bits per heavy atom. The van der Waals surface area contributed by atoms with Crippen LogP contribution in [0, 0.1) is 0 Å². The number of nitrogens with two attached hydrogens (primary N) is 2. The molecule has 51 heavy (non-hydrogen) atoms. The Morgan fingerprint density at radius 3 is 2.14 bits per heavy atom. The van der Waals surface area contributed by atoms with Gasteiger partial charge in [0.05, 0.1) is 34.6 Å². The summed E-state index contributed by atoms with van der Waals surface area (Å²) in [7, 11) is 1.69. The number of rotatable bonds is 15. The molecule has 0 spiro atoms. The number of methoxy groups -OCH3 is 1. The lowest BCUT2D eigenvalue weighted by atomic mass is 9.98. The van der Waals surface area contributed by atoms with Gasteiger partial charge in [0, 0.05) is 63.7 Å². The Hall–Kier alpha value is -5.15. The van der Waals surface area contributed by atoms with Crippen LogP contribution < -0.4 is 36.7 Å². The molecule has 2 heterocycles. The van der Waals surface area contributed by atoms with Crippen LogP contribution in [0.1, 0.15) is 19.3 Å². The van der Waals surface area contributed by atoms with Gasteiger partial charge in [-0.05, 0) is 105 Å². The van der Waals surface area contributed by atoms with Crippen LogP contribution in [0.25, 0.3) is 54.7 Å². The first kappa shape index (κ1) is 34.3. The number of hydrogen-bond acceptors (Lipinski definition) is 7. The molecule has 7 rings (SSSR count). The molecule has 0 radical (unpaired) electrons. The Kier molecular flexibility index (Phi) is 10.6. The zero-order valence-corrected chi connectivity index (χ0v) is 29.8. The van der Waals surface area contributed by atoms with Crippen LogP contribution in [0.2, 0.25) is 5.02 Å². The summed E-state index contributed by atoms with van der Waals surface area (Å²) in [4.78, 5) is 4.83. The number of nitrogen functional groups attached to an aromatic ring is 2. The van der Waals surface area contributed by atoms with Crippen molar-refractivity contribution < 1.29 is 9.30 Å². The number of aryl methyl sites for hydroxylation is 1. The van der Waals surface area contributed by atoms with E-state index < -0.39 is 0 Å². The molecule has 0 aliphatic heterocycles. The maximum absolute atomic E-state index is 6.33. The van der Waals surface area contributed by atoms with Crippen LogP contribution in [0.3, 0.4) is 0 Å². The largest absolute Gasteiger partial charge is 0.497 e. The first-order valence-corrected chi connectivity index (χ1v) is 18.1. The average Bonchev–Trinajstić information content (AvgIpc) is 3.14. The van der Waals surface area contributed by atoms with Gasteiger partial charge in [-0.1, -0.05) is 35.9 Å². The molecule has 8 nitrogen and oxygen atoms in total. The van der Waals surface area contributed by atoms with Gasteiger partial charge < -0.3 is 32.2 Å². The maximum Gasteiger partial charge on any atom is 0.220 e. The van der Waals surface area contributed by atoms with Crippen molar-refractivity contribution in [2.75, 3.05) is 56.6 Å². The highest BCUT2D eigenvalue weighted by Crippen LogP contribution is 2.35. The zero-order valence-electron chi connectivity index (χ0n) is 29.0. The molecular formula is C42H45ClN7O+. The number of halogens is 1. The first-order chi connectivity index (χ1) is 25.0. The summed E-state index contributed by atoms with van der Waals surface area (Å²) in [6, 6.07) is 34.8. The summed E-state index contributed by atoms with van der Waals surface area (Å²) in [6.07, 6.45) is 3.04. The minimum Gasteiger partial charge on any atom is -0.497 e. The fourth-order valence-corrected chi connectivity index (χ4v) is 7.16. The second-order valence-corrected chi connectivity index (χ2v) is 13.4. The van der Waals surface area contributed by atoms with E-state index in [1.54, 1.807) is 7.11 Å². The lowest BCUT2D eigenvalue weighted by Crippen LogP contribution is -2.39. The van der Waals surface area contributed by atoms with E-state index in [4.69, 9.17) is 32.8 Å². The van der Waals surface area contributed by atoms with Crippen molar-refractivity contribution >= 4 is 72.1 Å². The quantitative estimate of drug-likeness (QED) is 0.0243. The zero-order chi connectivity index (χ0) is 35.2. The molecule has 0 atom stereocenters. The fraction of sp³-hybridized carbons (Fsp3) is 0.238. The Balaban J connectivity index is 0.908. The van der Waals surface area contributed by atoms with Gasteiger partial charge in [0.2, 0.25) is 11.2 Å². The van der Waals surface area contributed by atoms with E-state index in [1.165, 1.54) is 22.0 Å².